The number of carbonyl (C=O) groups is 1. The van der Waals surface area contributed by atoms with Crippen molar-refractivity contribution in [2.45, 2.75) is 38.8 Å². The lowest BCUT2D eigenvalue weighted by Gasteiger charge is -2.25. The lowest BCUT2D eigenvalue weighted by atomic mass is 10.0. The lowest BCUT2D eigenvalue weighted by Crippen LogP contribution is -2.38. The third-order valence-corrected chi connectivity index (χ3v) is 3.00. The van der Waals surface area contributed by atoms with Crippen molar-refractivity contribution in [3.05, 3.63) is 18.0 Å². The van der Waals surface area contributed by atoms with E-state index in [1.54, 1.807) is 7.05 Å². The molecule has 1 amide bonds. The molecule has 1 saturated carbocycles. The Labute approximate surface area is 108 Å². The molecule has 0 heterocycles. The molecular weight excluding hydrogens is 228 g/mol. The van der Waals surface area contributed by atoms with E-state index in [2.05, 4.69) is 18.2 Å². The molecule has 4 heteroatoms. The van der Waals surface area contributed by atoms with Crippen LogP contribution in [0.5, 0.6) is 0 Å². The van der Waals surface area contributed by atoms with Crippen LogP contribution < -0.4 is 5.73 Å². The van der Waals surface area contributed by atoms with Gasteiger partial charge in [0.1, 0.15) is 11.0 Å². The number of ether oxygens (including phenoxy) is 1. The molecule has 98 valence electrons. The summed E-state index contributed by atoms with van der Waals surface area (Å²) >= 11 is 0. The van der Waals surface area contributed by atoms with Crippen LogP contribution in [0.2, 0.25) is 0 Å². The number of hydrogen-bond donors (Lipinski definition) is 1. The predicted molar refractivity (Wildman–Crippen MR) is 70.5 cm³/mol. The number of nitrogens with zero attached hydrogens (tertiary/aromatic N) is 1. The lowest BCUT2D eigenvalue weighted by molar-refractivity contribution is 0.0273. The van der Waals surface area contributed by atoms with Crippen molar-refractivity contribution < 1.29 is 9.53 Å². The molecule has 0 aromatic carbocycles. The van der Waals surface area contributed by atoms with Gasteiger partial charge in [-0.2, -0.15) is 0 Å². The zero-order valence-corrected chi connectivity index (χ0v) is 11.4. The van der Waals surface area contributed by atoms with E-state index in [4.69, 9.17) is 16.9 Å². The Bertz CT molecular complexity index is 449. The molecule has 2 N–H and O–H groups in total. The predicted octanol–water partition coefficient (Wildman–Crippen LogP) is 1.87. The molecule has 1 fully saturated rings. The molecule has 0 spiro atoms. The van der Waals surface area contributed by atoms with Gasteiger partial charge in [0.25, 0.3) is 0 Å². The third-order valence-electron chi connectivity index (χ3n) is 3.00. The van der Waals surface area contributed by atoms with Crippen LogP contribution in [0.3, 0.4) is 0 Å². The van der Waals surface area contributed by atoms with Crippen LogP contribution in [0.25, 0.3) is 0 Å². The summed E-state index contributed by atoms with van der Waals surface area (Å²) in [7, 11) is 1.66. The van der Waals surface area contributed by atoms with Crippen molar-refractivity contribution in [3.8, 4) is 12.3 Å². The average Bonchev–Trinajstić information content (AvgIpc) is 3.00. The van der Waals surface area contributed by atoms with Gasteiger partial charge in [-0.15, -0.1) is 12.2 Å². The summed E-state index contributed by atoms with van der Waals surface area (Å²) in [5.41, 5.74) is 7.66. The quantitative estimate of drug-likeness (QED) is 0.599. The van der Waals surface area contributed by atoms with E-state index in [0.717, 1.165) is 0 Å². The second-order valence-electron chi connectivity index (χ2n) is 5.52. The number of carbonyl (C=O) groups excluding carboxylic acids is 1. The molecule has 1 unspecified atom stereocenters. The highest BCUT2D eigenvalue weighted by molar-refractivity contribution is 5.69. The van der Waals surface area contributed by atoms with Crippen LogP contribution >= 0.6 is 0 Å². The summed E-state index contributed by atoms with van der Waals surface area (Å²) in [5, 5.41) is 0. The summed E-state index contributed by atoms with van der Waals surface area (Å²) in [6.45, 7) is 8.95. The van der Waals surface area contributed by atoms with Crippen LogP contribution in [-0.2, 0) is 4.74 Å². The maximum atomic E-state index is 11.9. The van der Waals surface area contributed by atoms with Crippen molar-refractivity contribution in [1.82, 2.24) is 4.90 Å². The molecule has 18 heavy (non-hydrogen) atoms. The number of terminal acetylenes is 1. The molecule has 1 aliphatic rings. The Morgan fingerprint density at radius 3 is 2.56 bits per heavy atom. The van der Waals surface area contributed by atoms with Crippen molar-refractivity contribution >= 4 is 6.09 Å². The van der Waals surface area contributed by atoms with Gasteiger partial charge >= 0.3 is 6.09 Å². The molecule has 4 nitrogen and oxygen atoms in total. The van der Waals surface area contributed by atoms with Crippen LogP contribution in [0.1, 0.15) is 27.2 Å². The standard InChI is InChI=1S/C14H20N2O2/c1-7-10(15)14(8-2)9-11(14)16(6)12(17)18-13(3,4)5/h2,11H,1,9,15H2,3-6H3/t11?,14-/m0/s1. The normalized spacial score (nSPS) is 25.6. The van der Waals surface area contributed by atoms with Crippen LogP contribution in [0.15, 0.2) is 18.0 Å². The van der Waals surface area contributed by atoms with Gasteiger partial charge in [0.2, 0.25) is 0 Å². The summed E-state index contributed by atoms with van der Waals surface area (Å²) in [5.74, 6) is 2.64. The fourth-order valence-electron chi connectivity index (χ4n) is 1.85. The molecule has 0 radical (unpaired) electrons. The zero-order chi connectivity index (χ0) is 14.1. The topological polar surface area (TPSA) is 55.6 Å². The van der Waals surface area contributed by atoms with Gasteiger partial charge in [-0.1, -0.05) is 12.5 Å². The Hall–Kier alpha value is -1.85. The highest BCUT2D eigenvalue weighted by Crippen LogP contribution is 2.52. The molecular formula is C14H20N2O2. The number of rotatable bonds is 2. The largest absolute Gasteiger partial charge is 0.444 e. The number of nitrogens with two attached hydrogens (primary N) is 1. The van der Waals surface area contributed by atoms with E-state index in [1.807, 2.05) is 20.8 Å². The summed E-state index contributed by atoms with van der Waals surface area (Å²) in [6.07, 6.45) is 5.72. The molecule has 0 aromatic rings. The maximum Gasteiger partial charge on any atom is 0.410 e. The molecule has 2 atom stereocenters. The minimum Gasteiger partial charge on any atom is -0.444 e. The van der Waals surface area contributed by atoms with Gasteiger partial charge in [-0.25, -0.2) is 4.79 Å². The minimum absolute atomic E-state index is 0.147. The Kier molecular flexibility index (Phi) is 3.50. The smallest absolute Gasteiger partial charge is 0.410 e. The average molecular weight is 248 g/mol. The van der Waals surface area contributed by atoms with Gasteiger partial charge in [-0.05, 0) is 27.2 Å². The first-order valence-corrected chi connectivity index (χ1v) is 5.77. The monoisotopic (exact) mass is 248 g/mol. The molecule has 0 aromatic heterocycles. The van der Waals surface area contributed by atoms with Gasteiger partial charge < -0.3 is 15.4 Å². The Morgan fingerprint density at radius 1 is 1.61 bits per heavy atom. The highest BCUT2D eigenvalue weighted by atomic mass is 16.6. The van der Waals surface area contributed by atoms with Crippen molar-refractivity contribution in [3.63, 3.8) is 0 Å². The van der Waals surface area contributed by atoms with E-state index >= 15 is 0 Å². The molecule has 0 aliphatic heterocycles. The summed E-state index contributed by atoms with van der Waals surface area (Å²) in [4.78, 5) is 13.4. The van der Waals surface area contributed by atoms with E-state index in [1.165, 1.54) is 4.90 Å². The molecule has 0 saturated heterocycles. The Morgan fingerprint density at radius 2 is 2.17 bits per heavy atom. The first-order valence-electron chi connectivity index (χ1n) is 5.77. The van der Waals surface area contributed by atoms with Crippen LogP contribution in [-0.4, -0.2) is 29.7 Å². The Balaban J connectivity index is 2.79. The van der Waals surface area contributed by atoms with E-state index in [9.17, 15) is 4.79 Å². The molecule has 1 rings (SSSR count). The van der Waals surface area contributed by atoms with E-state index in [0.29, 0.717) is 12.1 Å². The first-order chi connectivity index (χ1) is 8.18. The molecule has 1 aliphatic carbocycles. The van der Waals surface area contributed by atoms with Gasteiger partial charge in [0.05, 0.1) is 11.7 Å². The fraction of sp³-hybridized carbons (Fsp3) is 0.571. The second-order valence-corrected chi connectivity index (χ2v) is 5.52. The van der Waals surface area contributed by atoms with E-state index in [-0.39, 0.29) is 6.04 Å². The maximum absolute atomic E-state index is 11.9. The van der Waals surface area contributed by atoms with Crippen molar-refractivity contribution in [2.24, 2.45) is 11.1 Å². The highest BCUT2D eigenvalue weighted by Gasteiger charge is 2.59. The van der Waals surface area contributed by atoms with E-state index < -0.39 is 17.1 Å². The summed E-state index contributed by atoms with van der Waals surface area (Å²) in [6, 6.07) is -0.147. The van der Waals surface area contributed by atoms with Crippen LogP contribution in [0.4, 0.5) is 4.79 Å². The minimum atomic E-state index is -0.632. The first kappa shape index (κ1) is 14.2. The van der Waals surface area contributed by atoms with Crippen LogP contribution in [0, 0.1) is 17.8 Å². The SMILES string of the molecule is C#C[C@@]1(C(N)=C=C)CC1N(C)C(=O)OC(C)(C)C. The fourth-order valence-corrected chi connectivity index (χ4v) is 1.85. The van der Waals surface area contributed by atoms with Crippen molar-refractivity contribution in [1.29, 1.82) is 0 Å². The zero-order valence-electron chi connectivity index (χ0n) is 11.4. The van der Waals surface area contributed by atoms with Gasteiger partial charge in [0.15, 0.2) is 0 Å². The summed E-state index contributed by atoms with van der Waals surface area (Å²) < 4.78 is 5.28. The molecule has 0 bridgehead atoms. The van der Waals surface area contributed by atoms with Crippen molar-refractivity contribution in [2.75, 3.05) is 7.05 Å². The number of amides is 1. The third kappa shape index (κ3) is 2.52. The van der Waals surface area contributed by atoms with Gasteiger partial charge in [0, 0.05) is 7.05 Å². The number of hydrogen-bond acceptors (Lipinski definition) is 3. The van der Waals surface area contributed by atoms with Gasteiger partial charge in [-0.3, -0.25) is 0 Å². The second kappa shape index (κ2) is 4.44.